The van der Waals surface area contributed by atoms with Gasteiger partial charge in [0.2, 0.25) is 0 Å². The van der Waals surface area contributed by atoms with Crippen molar-refractivity contribution >= 4 is 0 Å². The van der Waals surface area contributed by atoms with Crippen molar-refractivity contribution in [1.29, 1.82) is 0 Å². The van der Waals surface area contributed by atoms with Crippen LogP contribution in [0.5, 0.6) is 5.75 Å². The van der Waals surface area contributed by atoms with Gasteiger partial charge in [0.15, 0.2) is 6.79 Å². The maximum absolute atomic E-state index is 13.2. The largest absolute Gasteiger partial charge is 0.467 e. The van der Waals surface area contributed by atoms with Gasteiger partial charge in [-0.3, -0.25) is 0 Å². The van der Waals surface area contributed by atoms with Crippen LogP contribution in [-0.4, -0.2) is 13.9 Å². The third-order valence-electron chi connectivity index (χ3n) is 4.90. The van der Waals surface area contributed by atoms with Gasteiger partial charge in [-0.05, 0) is 84.3 Å². The maximum Gasteiger partial charge on any atom is 0.188 e. The van der Waals surface area contributed by atoms with Crippen molar-refractivity contribution < 1.29 is 13.9 Å². The Labute approximate surface area is 166 Å². The molecule has 0 amide bonds. The molecule has 0 unspecified atom stereocenters. The van der Waals surface area contributed by atoms with Gasteiger partial charge in [-0.25, -0.2) is 4.39 Å². The summed E-state index contributed by atoms with van der Waals surface area (Å²) in [5, 5.41) is 0. The number of hydrogen-bond acceptors (Lipinski definition) is 2. The van der Waals surface area contributed by atoms with Crippen LogP contribution in [0.15, 0.2) is 54.6 Å². The molecule has 0 heterocycles. The second-order valence-electron chi connectivity index (χ2n) is 7.18. The Morgan fingerprint density at radius 1 is 0.857 bits per heavy atom. The molecule has 0 saturated carbocycles. The first-order valence-electron chi connectivity index (χ1n) is 9.36. The molecule has 3 rings (SSSR count). The summed E-state index contributed by atoms with van der Waals surface area (Å²) in [6.45, 7) is 8.50. The fourth-order valence-electron chi connectivity index (χ4n) is 3.53. The van der Waals surface area contributed by atoms with E-state index in [2.05, 4.69) is 45.0 Å². The lowest BCUT2D eigenvalue weighted by Gasteiger charge is -2.15. The number of methoxy groups -OCH3 is 1. The molecular weight excluding hydrogens is 351 g/mol. The topological polar surface area (TPSA) is 18.5 Å². The Balaban J connectivity index is 1.91. The van der Waals surface area contributed by atoms with Crippen LogP contribution < -0.4 is 4.74 Å². The van der Waals surface area contributed by atoms with E-state index in [1.165, 1.54) is 34.4 Å². The lowest BCUT2D eigenvalue weighted by molar-refractivity contribution is 0.0505. The highest BCUT2D eigenvalue weighted by Crippen LogP contribution is 2.27. The molecule has 2 nitrogen and oxygen atoms in total. The Morgan fingerprint density at radius 2 is 1.50 bits per heavy atom. The Morgan fingerprint density at radius 3 is 2.14 bits per heavy atom. The third-order valence-corrected chi connectivity index (χ3v) is 4.90. The smallest absolute Gasteiger partial charge is 0.188 e. The van der Waals surface area contributed by atoms with Crippen LogP contribution in [0, 0.1) is 26.6 Å². The maximum atomic E-state index is 13.2. The van der Waals surface area contributed by atoms with Gasteiger partial charge in [-0.2, -0.15) is 0 Å². The van der Waals surface area contributed by atoms with Crippen LogP contribution in [0.4, 0.5) is 4.39 Å². The van der Waals surface area contributed by atoms with Crippen LogP contribution in [0.3, 0.4) is 0 Å². The zero-order chi connectivity index (χ0) is 20.1. The fraction of sp³-hybridized carbons (Fsp3) is 0.240. The summed E-state index contributed by atoms with van der Waals surface area (Å²) in [4.78, 5) is 0. The normalized spacial score (nSPS) is 10.9. The summed E-state index contributed by atoms with van der Waals surface area (Å²) < 4.78 is 24.0. The van der Waals surface area contributed by atoms with Crippen LogP contribution in [0.25, 0.3) is 0 Å². The number of rotatable bonds is 7. The van der Waals surface area contributed by atoms with E-state index in [1.54, 1.807) is 7.11 Å². The van der Waals surface area contributed by atoms with Crippen molar-refractivity contribution in [1.82, 2.24) is 0 Å². The summed E-state index contributed by atoms with van der Waals surface area (Å²) in [6.07, 6.45) is 1.52. The van der Waals surface area contributed by atoms with Crippen LogP contribution in [-0.2, 0) is 17.6 Å². The standard InChI is InChI=1S/C25H26FO2/c1-17-11-18(2)24(19(3)12-17)15-21-7-10-25(28-16-27-4)22(14-21)13-20-5-8-23(26)9-6-20/h5-12,14H,1,13,15-16H2,2-4H3. The van der Waals surface area contributed by atoms with E-state index in [0.29, 0.717) is 6.42 Å². The van der Waals surface area contributed by atoms with E-state index in [9.17, 15) is 4.39 Å². The average molecular weight is 377 g/mol. The van der Waals surface area contributed by atoms with Gasteiger partial charge in [0.1, 0.15) is 11.6 Å². The lowest BCUT2D eigenvalue weighted by Crippen LogP contribution is -2.04. The molecule has 0 aliphatic carbocycles. The first kappa shape index (κ1) is 20.1. The first-order valence-corrected chi connectivity index (χ1v) is 9.36. The molecular formula is C25H26FO2. The van der Waals surface area contributed by atoms with Crippen LogP contribution in [0.1, 0.15) is 38.9 Å². The van der Waals surface area contributed by atoms with Crippen molar-refractivity contribution in [2.75, 3.05) is 13.9 Å². The molecule has 0 N–H and O–H groups in total. The second kappa shape index (κ2) is 9.03. The van der Waals surface area contributed by atoms with E-state index in [4.69, 9.17) is 9.47 Å². The van der Waals surface area contributed by atoms with E-state index in [-0.39, 0.29) is 12.6 Å². The third kappa shape index (κ3) is 4.99. The number of benzene rings is 3. The summed E-state index contributed by atoms with van der Waals surface area (Å²) in [6, 6.07) is 17.1. The fourth-order valence-corrected chi connectivity index (χ4v) is 3.53. The van der Waals surface area contributed by atoms with Crippen molar-refractivity contribution in [3.63, 3.8) is 0 Å². The highest BCUT2D eigenvalue weighted by Gasteiger charge is 2.10. The van der Waals surface area contributed by atoms with Crippen LogP contribution in [0.2, 0.25) is 0 Å². The molecule has 3 aromatic carbocycles. The van der Waals surface area contributed by atoms with Gasteiger partial charge >= 0.3 is 0 Å². The van der Waals surface area contributed by atoms with Crippen molar-refractivity contribution in [3.8, 4) is 5.75 Å². The van der Waals surface area contributed by atoms with E-state index in [0.717, 1.165) is 28.9 Å². The number of halogens is 1. The Bertz CT molecular complexity index is 922. The molecule has 3 aromatic rings. The van der Waals surface area contributed by atoms with Crippen molar-refractivity contribution in [2.45, 2.75) is 26.7 Å². The molecule has 145 valence electrons. The monoisotopic (exact) mass is 377 g/mol. The molecule has 28 heavy (non-hydrogen) atoms. The van der Waals surface area contributed by atoms with E-state index >= 15 is 0 Å². The SMILES string of the molecule is [CH2]c1cc(C)c(Cc2ccc(OCOC)c(Cc3ccc(F)cc3)c2)c(C)c1. The molecule has 0 aliphatic heterocycles. The van der Waals surface area contributed by atoms with Crippen molar-refractivity contribution in [2.24, 2.45) is 0 Å². The van der Waals surface area contributed by atoms with E-state index in [1.807, 2.05) is 18.2 Å². The van der Waals surface area contributed by atoms with Gasteiger partial charge in [0.05, 0.1) is 0 Å². The minimum absolute atomic E-state index is 0.193. The molecule has 0 bridgehead atoms. The molecule has 0 atom stereocenters. The van der Waals surface area contributed by atoms with Gasteiger partial charge in [0.25, 0.3) is 0 Å². The van der Waals surface area contributed by atoms with E-state index < -0.39 is 0 Å². The van der Waals surface area contributed by atoms with Gasteiger partial charge < -0.3 is 9.47 Å². The minimum Gasteiger partial charge on any atom is -0.467 e. The summed E-state index contributed by atoms with van der Waals surface area (Å²) in [7, 11) is 1.60. The van der Waals surface area contributed by atoms with Crippen molar-refractivity contribution in [3.05, 3.63) is 106 Å². The molecule has 1 radical (unpaired) electrons. The Kier molecular flexibility index (Phi) is 6.48. The number of aryl methyl sites for hydroxylation is 2. The van der Waals surface area contributed by atoms with Gasteiger partial charge in [0, 0.05) is 13.5 Å². The number of hydrogen-bond donors (Lipinski definition) is 0. The molecule has 0 aliphatic rings. The molecule has 0 saturated heterocycles. The molecule has 0 spiro atoms. The molecule has 0 fully saturated rings. The summed E-state index contributed by atoms with van der Waals surface area (Å²) in [5.74, 6) is 0.560. The van der Waals surface area contributed by atoms with Gasteiger partial charge in [-0.1, -0.05) is 36.4 Å². The highest BCUT2D eigenvalue weighted by atomic mass is 19.1. The summed E-state index contributed by atoms with van der Waals surface area (Å²) >= 11 is 0. The second-order valence-corrected chi connectivity index (χ2v) is 7.18. The predicted molar refractivity (Wildman–Crippen MR) is 111 cm³/mol. The molecule has 0 aromatic heterocycles. The van der Waals surface area contributed by atoms with Gasteiger partial charge in [-0.15, -0.1) is 0 Å². The average Bonchev–Trinajstić information content (AvgIpc) is 2.66. The zero-order valence-electron chi connectivity index (χ0n) is 16.7. The zero-order valence-corrected chi connectivity index (χ0v) is 16.7. The number of ether oxygens (including phenoxy) is 2. The Hall–Kier alpha value is -2.65. The quantitative estimate of drug-likeness (QED) is 0.485. The highest BCUT2D eigenvalue weighted by molar-refractivity contribution is 5.45. The lowest BCUT2D eigenvalue weighted by atomic mass is 9.92. The minimum atomic E-state index is -0.229. The molecule has 3 heteroatoms. The van der Waals surface area contributed by atoms with Crippen LogP contribution >= 0.6 is 0 Å². The first-order chi connectivity index (χ1) is 13.5. The summed E-state index contributed by atoms with van der Waals surface area (Å²) in [5.41, 5.74) is 8.18. The predicted octanol–water partition coefficient (Wildman–Crippen LogP) is 5.79.